The highest BCUT2D eigenvalue weighted by molar-refractivity contribution is 5.87. The largest absolute Gasteiger partial charge is 0.367 e. The molecule has 0 saturated heterocycles. The lowest BCUT2D eigenvalue weighted by Crippen LogP contribution is -2.19. The Labute approximate surface area is 107 Å². The van der Waals surface area contributed by atoms with Crippen LogP contribution in [0, 0.1) is 6.92 Å². The fourth-order valence-corrected chi connectivity index (χ4v) is 2.80. The quantitative estimate of drug-likeness (QED) is 0.796. The summed E-state index contributed by atoms with van der Waals surface area (Å²) in [6, 6.07) is 2.69. The minimum atomic E-state index is 0.570. The molecule has 2 N–H and O–H groups in total. The molecule has 0 atom stereocenters. The van der Waals surface area contributed by atoms with Crippen molar-refractivity contribution in [3.8, 4) is 0 Å². The maximum absolute atomic E-state index is 4.40. The van der Waals surface area contributed by atoms with E-state index in [-0.39, 0.29) is 0 Å². The number of anilines is 1. The van der Waals surface area contributed by atoms with Gasteiger partial charge in [-0.05, 0) is 25.8 Å². The van der Waals surface area contributed by atoms with Gasteiger partial charge in [0.2, 0.25) is 0 Å². The maximum atomic E-state index is 4.40. The highest BCUT2D eigenvalue weighted by atomic mass is 15.1. The van der Waals surface area contributed by atoms with Crippen LogP contribution >= 0.6 is 0 Å². The first-order valence-electron chi connectivity index (χ1n) is 6.90. The molecule has 2 heterocycles. The second kappa shape index (κ2) is 4.96. The molecule has 96 valence electrons. The van der Waals surface area contributed by atoms with Crippen molar-refractivity contribution in [2.45, 2.75) is 51.5 Å². The van der Waals surface area contributed by atoms with Gasteiger partial charge in [0.1, 0.15) is 17.8 Å². The van der Waals surface area contributed by atoms with E-state index >= 15 is 0 Å². The Bertz CT molecular complexity index is 524. The van der Waals surface area contributed by atoms with Crippen LogP contribution in [0.5, 0.6) is 0 Å². The molecular formula is C14H20N4. The summed E-state index contributed by atoms with van der Waals surface area (Å²) >= 11 is 0. The number of H-pyrrole nitrogens is 1. The van der Waals surface area contributed by atoms with E-state index in [4.69, 9.17) is 0 Å². The number of fused-ring (bicyclic) bond motifs is 1. The van der Waals surface area contributed by atoms with Crippen molar-refractivity contribution >= 4 is 16.9 Å². The SMILES string of the molecule is Cc1cc2c(NC3CCCCCC3)ncnc2[nH]1. The highest BCUT2D eigenvalue weighted by Crippen LogP contribution is 2.24. The van der Waals surface area contributed by atoms with Crippen molar-refractivity contribution in [3.05, 3.63) is 18.1 Å². The van der Waals surface area contributed by atoms with E-state index in [1.54, 1.807) is 6.33 Å². The van der Waals surface area contributed by atoms with Crippen LogP contribution < -0.4 is 5.32 Å². The molecule has 4 heteroatoms. The molecule has 18 heavy (non-hydrogen) atoms. The Balaban J connectivity index is 1.84. The number of nitrogens with one attached hydrogen (secondary N) is 2. The van der Waals surface area contributed by atoms with Crippen molar-refractivity contribution in [2.24, 2.45) is 0 Å². The average molecular weight is 244 g/mol. The molecule has 1 saturated carbocycles. The van der Waals surface area contributed by atoms with E-state index in [2.05, 4.69) is 33.3 Å². The maximum Gasteiger partial charge on any atom is 0.143 e. The van der Waals surface area contributed by atoms with Crippen molar-refractivity contribution in [2.75, 3.05) is 5.32 Å². The Kier molecular flexibility index (Phi) is 3.17. The summed E-state index contributed by atoms with van der Waals surface area (Å²) in [7, 11) is 0. The lowest BCUT2D eigenvalue weighted by molar-refractivity contribution is 0.618. The van der Waals surface area contributed by atoms with Gasteiger partial charge in [-0.1, -0.05) is 25.7 Å². The molecule has 2 aromatic heterocycles. The zero-order valence-corrected chi connectivity index (χ0v) is 10.9. The van der Waals surface area contributed by atoms with Gasteiger partial charge in [0.05, 0.1) is 5.39 Å². The van der Waals surface area contributed by atoms with Crippen molar-refractivity contribution in [1.29, 1.82) is 0 Å². The summed E-state index contributed by atoms with van der Waals surface area (Å²) in [5, 5.41) is 4.72. The smallest absolute Gasteiger partial charge is 0.143 e. The molecule has 0 bridgehead atoms. The summed E-state index contributed by atoms with van der Waals surface area (Å²) in [4.78, 5) is 11.9. The molecule has 0 spiro atoms. The van der Waals surface area contributed by atoms with Gasteiger partial charge >= 0.3 is 0 Å². The third kappa shape index (κ3) is 2.33. The molecular weight excluding hydrogens is 224 g/mol. The van der Waals surface area contributed by atoms with E-state index in [0.29, 0.717) is 6.04 Å². The molecule has 1 aliphatic rings. The van der Waals surface area contributed by atoms with Crippen LogP contribution in [-0.2, 0) is 0 Å². The van der Waals surface area contributed by atoms with Crippen LogP contribution in [-0.4, -0.2) is 21.0 Å². The number of nitrogens with zero attached hydrogens (tertiary/aromatic N) is 2. The fraction of sp³-hybridized carbons (Fsp3) is 0.571. The summed E-state index contributed by atoms with van der Waals surface area (Å²) in [5.74, 6) is 0.983. The molecule has 1 aliphatic carbocycles. The summed E-state index contributed by atoms with van der Waals surface area (Å²) < 4.78 is 0. The number of hydrogen-bond donors (Lipinski definition) is 2. The van der Waals surface area contributed by atoms with Crippen molar-refractivity contribution in [1.82, 2.24) is 15.0 Å². The Morgan fingerprint density at radius 2 is 1.94 bits per heavy atom. The number of aromatic nitrogens is 3. The van der Waals surface area contributed by atoms with Gasteiger partial charge in [0.25, 0.3) is 0 Å². The molecule has 4 nitrogen and oxygen atoms in total. The average Bonchev–Trinajstić information content (AvgIpc) is 2.58. The molecule has 0 unspecified atom stereocenters. The van der Waals surface area contributed by atoms with Gasteiger partial charge in [0.15, 0.2) is 0 Å². The van der Waals surface area contributed by atoms with Gasteiger partial charge in [-0.15, -0.1) is 0 Å². The second-order valence-electron chi connectivity index (χ2n) is 5.27. The predicted molar refractivity (Wildman–Crippen MR) is 73.7 cm³/mol. The molecule has 0 aliphatic heterocycles. The minimum absolute atomic E-state index is 0.570. The topological polar surface area (TPSA) is 53.6 Å². The molecule has 2 aromatic rings. The molecule has 1 fully saturated rings. The third-order valence-corrected chi connectivity index (χ3v) is 3.76. The van der Waals surface area contributed by atoms with E-state index in [1.165, 1.54) is 38.5 Å². The van der Waals surface area contributed by atoms with E-state index < -0.39 is 0 Å². The predicted octanol–water partition coefficient (Wildman–Crippen LogP) is 3.40. The van der Waals surface area contributed by atoms with Crippen LogP contribution in [0.3, 0.4) is 0 Å². The van der Waals surface area contributed by atoms with Gasteiger partial charge in [-0.25, -0.2) is 9.97 Å². The Morgan fingerprint density at radius 3 is 2.72 bits per heavy atom. The van der Waals surface area contributed by atoms with E-state index in [1.807, 2.05) is 0 Å². The van der Waals surface area contributed by atoms with Crippen molar-refractivity contribution < 1.29 is 0 Å². The second-order valence-corrected chi connectivity index (χ2v) is 5.27. The minimum Gasteiger partial charge on any atom is -0.367 e. The van der Waals surface area contributed by atoms with Crippen LogP contribution in [0.2, 0.25) is 0 Å². The number of aromatic amines is 1. The number of rotatable bonds is 2. The molecule has 0 aromatic carbocycles. The normalized spacial score (nSPS) is 17.8. The van der Waals surface area contributed by atoms with Crippen LogP contribution in [0.4, 0.5) is 5.82 Å². The molecule has 3 rings (SSSR count). The zero-order chi connectivity index (χ0) is 12.4. The van der Waals surface area contributed by atoms with E-state index in [0.717, 1.165) is 22.5 Å². The Morgan fingerprint density at radius 1 is 1.17 bits per heavy atom. The lowest BCUT2D eigenvalue weighted by Gasteiger charge is -2.17. The number of hydrogen-bond acceptors (Lipinski definition) is 3. The number of aryl methyl sites for hydroxylation is 1. The van der Waals surface area contributed by atoms with Crippen LogP contribution in [0.1, 0.15) is 44.2 Å². The standard InChI is InChI=1S/C14H20N4/c1-10-8-12-13(17-10)15-9-16-14(12)18-11-6-4-2-3-5-7-11/h8-9,11H,2-7H2,1H3,(H2,15,16,17,18). The van der Waals surface area contributed by atoms with Crippen LogP contribution in [0.25, 0.3) is 11.0 Å². The lowest BCUT2D eigenvalue weighted by atomic mass is 10.1. The first kappa shape index (κ1) is 11.5. The monoisotopic (exact) mass is 244 g/mol. The molecule has 0 amide bonds. The highest BCUT2D eigenvalue weighted by Gasteiger charge is 2.14. The Hall–Kier alpha value is -1.58. The summed E-state index contributed by atoms with van der Waals surface area (Å²) in [6.07, 6.45) is 9.57. The van der Waals surface area contributed by atoms with Crippen molar-refractivity contribution in [3.63, 3.8) is 0 Å². The van der Waals surface area contributed by atoms with Gasteiger partial charge in [-0.2, -0.15) is 0 Å². The summed E-state index contributed by atoms with van der Waals surface area (Å²) in [6.45, 7) is 2.05. The van der Waals surface area contributed by atoms with E-state index in [9.17, 15) is 0 Å². The van der Waals surface area contributed by atoms with Gasteiger partial charge in [0, 0.05) is 11.7 Å². The van der Waals surface area contributed by atoms with Gasteiger partial charge in [-0.3, -0.25) is 0 Å². The first-order chi connectivity index (χ1) is 8.83. The van der Waals surface area contributed by atoms with Gasteiger partial charge < -0.3 is 10.3 Å². The molecule has 0 radical (unpaired) electrons. The third-order valence-electron chi connectivity index (χ3n) is 3.76. The summed E-state index contributed by atoms with van der Waals surface area (Å²) in [5.41, 5.74) is 2.06. The van der Waals surface area contributed by atoms with Crippen LogP contribution in [0.15, 0.2) is 12.4 Å². The fourth-order valence-electron chi connectivity index (χ4n) is 2.80. The zero-order valence-electron chi connectivity index (χ0n) is 10.9. The first-order valence-corrected chi connectivity index (χ1v) is 6.90.